The molecule has 0 atom stereocenters. The molecule has 6 heteroatoms. The van der Waals surface area contributed by atoms with Gasteiger partial charge in [0.1, 0.15) is 6.54 Å². The molecule has 2 aromatic rings. The summed E-state index contributed by atoms with van der Waals surface area (Å²) in [6, 6.07) is 6.70. The maximum absolute atomic E-state index is 12.4. The zero-order valence-electron chi connectivity index (χ0n) is 11.4. The molecule has 1 aliphatic rings. The number of amides is 1. The van der Waals surface area contributed by atoms with E-state index in [0.29, 0.717) is 6.54 Å². The second-order valence-corrected chi connectivity index (χ2v) is 5.00. The van der Waals surface area contributed by atoms with Crippen LogP contribution in [-0.4, -0.2) is 33.3 Å². The van der Waals surface area contributed by atoms with E-state index in [1.807, 2.05) is 0 Å². The van der Waals surface area contributed by atoms with Crippen LogP contribution in [0.1, 0.15) is 22.3 Å². The summed E-state index contributed by atoms with van der Waals surface area (Å²) in [5.41, 5.74) is 1.98. The van der Waals surface area contributed by atoms with Gasteiger partial charge in [0.2, 0.25) is 5.91 Å². The highest BCUT2D eigenvalue weighted by Gasteiger charge is 2.23. The number of carboxylic acids is 1. The normalized spacial score (nSPS) is 13.8. The van der Waals surface area contributed by atoms with Gasteiger partial charge in [0.25, 0.3) is 0 Å². The van der Waals surface area contributed by atoms with Crippen molar-refractivity contribution in [1.29, 1.82) is 0 Å². The van der Waals surface area contributed by atoms with E-state index < -0.39 is 5.97 Å². The quantitative estimate of drug-likeness (QED) is 0.928. The van der Waals surface area contributed by atoms with E-state index in [9.17, 15) is 9.59 Å². The Labute approximate surface area is 121 Å². The predicted octanol–water partition coefficient (Wildman–Crippen LogP) is 1.56. The van der Waals surface area contributed by atoms with E-state index in [1.165, 1.54) is 0 Å². The lowest BCUT2D eigenvalue weighted by atomic mass is 9.99. The molecule has 0 saturated carbocycles. The van der Waals surface area contributed by atoms with Crippen molar-refractivity contribution in [3.63, 3.8) is 0 Å². The Bertz CT molecular complexity index is 679. The lowest BCUT2D eigenvalue weighted by Crippen LogP contribution is -2.37. The van der Waals surface area contributed by atoms with Crippen LogP contribution in [0.4, 0.5) is 5.69 Å². The molecule has 0 spiro atoms. The first-order valence-corrected chi connectivity index (χ1v) is 6.79. The number of aryl methyl sites for hydroxylation is 1. The van der Waals surface area contributed by atoms with Crippen LogP contribution in [0.15, 0.2) is 36.7 Å². The zero-order valence-corrected chi connectivity index (χ0v) is 11.4. The Balaban J connectivity index is 1.86. The topological polar surface area (TPSA) is 75.4 Å². The molecule has 0 fully saturated rings. The van der Waals surface area contributed by atoms with E-state index in [4.69, 9.17) is 5.11 Å². The molecule has 1 N–H and O–H groups in total. The molecule has 1 aromatic heterocycles. The third-order valence-electron chi connectivity index (χ3n) is 3.60. The third kappa shape index (κ3) is 2.65. The molecule has 0 radical (unpaired) electrons. The van der Waals surface area contributed by atoms with Crippen LogP contribution < -0.4 is 4.90 Å². The number of hydrogen-bond donors (Lipinski definition) is 1. The molecule has 6 nitrogen and oxygen atoms in total. The van der Waals surface area contributed by atoms with Crippen LogP contribution in [0, 0.1) is 0 Å². The van der Waals surface area contributed by atoms with Gasteiger partial charge >= 0.3 is 5.97 Å². The summed E-state index contributed by atoms with van der Waals surface area (Å²) >= 11 is 0. The standard InChI is InChI=1S/C15H15N3O3/c19-14(10-17-7-2-6-16-17)18-8-1-3-11-9-12(15(20)21)4-5-13(11)18/h2,4-7,9H,1,3,8,10H2,(H,20,21). The van der Waals surface area contributed by atoms with Crippen LogP contribution >= 0.6 is 0 Å². The number of aromatic nitrogens is 2. The molecule has 2 heterocycles. The number of carbonyl (C=O) groups is 2. The highest BCUT2D eigenvalue weighted by atomic mass is 16.4. The molecule has 3 rings (SSSR count). The van der Waals surface area contributed by atoms with Gasteiger partial charge in [-0.1, -0.05) is 0 Å². The number of carbonyl (C=O) groups excluding carboxylic acids is 1. The summed E-state index contributed by atoms with van der Waals surface area (Å²) in [7, 11) is 0. The molecule has 0 bridgehead atoms. The number of carboxylic acid groups (broad SMARTS) is 1. The van der Waals surface area contributed by atoms with Crippen LogP contribution in [0.5, 0.6) is 0 Å². The Morgan fingerprint density at radius 1 is 1.33 bits per heavy atom. The summed E-state index contributed by atoms with van der Waals surface area (Å²) in [5.74, 6) is -0.986. The fraction of sp³-hybridized carbons (Fsp3) is 0.267. The van der Waals surface area contributed by atoms with Gasteiger partial charge in [-0.2, -0.15) is 5.10 Å². The SMILES string of the molecule is O=C(O)c1ccc2c(c1)CCCN2C(=O)Cn1cccn1. The summed E-state index contributed by atoms with van der Waals surface area (Å²) in [4.78, 5) is 25.1. The van der Waals surface area contributed by atoms with E-state index >= 15 is 0 Å². The van der Waals surface area contributed by atoms with Gasteiger partial charge in [0.15, 0.2) is 0 Å². The Hall–Kier alpha value is -2.63. The lowest BCUT2D eigenvalue weighted by Gasteiger charge is -2.29. The smallest absolute Gasteiger partial charge is 0.335 e. The molecular weight excluding hydrogens is 270 g/mol. The van der Waals surface area contributed by atoms with Gasteiger partial charge < -0.3 is 10.0 Å². The van der Waals surface area contributed by atoms with Crippen molar-refractivity contribution in [3.8, 4) is 0 Å². The first kappa shape index (κ1) is 13.4. The van der Waals surface area contributed by atoms with Gasteiger partial charge in [0, 0.05) is 24.6 Å². The van der Waals surface area contributed by atoms with Gasteiger partial charge in [-0.25, -0.2) is 4.79 Å². The average molecular weight is 285 g/mol. The maximum Gasteiger partial charge on any atom is 0.335 e. The minimum Gasteiger partial charge on any atom is -0.478 e. The summed E-state index contributed by atoms with van der Waals surface area (Å²) < 4.78 is 1.59. The summed E-state index contributed by atoms with van der Waals surface area (Å²) in [5, 5.41) is 13.1. The zero-order chi connectivity index (χ0) is 14.8. The van der Waals surface area contributed by atoms with E-state index in [-0.39, 0.29) is 18.0 Å². The number of nitrogens with zero attached hydrogens (tertiary/aromatic N) is 3. The van der Waals surface area contributed by atoms with Gasteiger partial charge in [0.05, 0.1) is 5.56 Å². The number of hydrogen-bond acceptors (Lipinski definition) is 3. The third-order valence-corrected chi connectivity index (χ3v) is 3.60. The molecule has 108 valence electrons. The number of rotatable bonds is 3. The fourth-order valence-corrected chi connectivity index (χ4v) is 2.61. The van der Waals surface area contributed by atoms with E-state index in [1.54, 1.807) is 46.2 Å². The molecule has 0 saturated heterocycles. The molecule has 21 heavy (non-hydrogen) atoms. The summed E-state index contributed by atoms with van der Waals surface area (Å²) in [6.45, 7) is 0.840. The first-order chi connectivity index (χ1) is 10.1. The highest BCUT2D eigenvalue weighted by molar-refractivity contribution is 5.95. The van der Waals surface area contributed by atoms with Crippen molar-refractivity contribution in [2.75, 3.05) is 11.4 Å². The minimum atomic E-state index is -0.946. The predicted molar refractivity (Wildman–Crippen MR) is 76.3 cm³/mol. The molecular formula is C15H15N3O3. The largest absolute Gasteiger partial charge is 0.478 e. The van der Waals surface area contributed by atoms with Crippen LogP contribution in [-0.2, 0) is 17.8 Å². The Kier molecular flexibility index (Phi) is 3.43. The van der Waals surface area contributed by atoms with Crippen LogP contribution in [0.2, 0.25) is 0 Å². The van der Waals surface area contributed by atoms with E-state index in [2.05, 4.69) is 5.10 Å². The monoisotopic (exact) mass is 285 g/mol. The molecule has 0 unspecified atom stereocenters. The van der Waals surface area contributed by atoms with Gasteiger partial charge in [-0.15, -0.1) is 0 Å². The second-order valence-electron chi connectivity index (χ2n) is 5.00. The van der Waals surface area contributed by atoms with Crippen molar-refractivity contribution < 1.29 is 14.7 Å². The average Bonchev–Trinajstić information content (AvgIpc) is 2.98. The van der Waals surface area contributed by atoms with Crippen molar-refractivity contribution in [1.82, 2.24) is 9.78 Å². The Morgan fingerprint density at radius 3 is 2.90 bits per heavy atom. The summed E-state index contributed by atoms with van der Waals surface area (Å²) in [6.07, 6.45) is 5.01. The molecule has 1 aliphatic heterocycles. The van der Waals surface area contributed by atoms with E-state index in [0.717, 1.165) is 24.1 Å². The van der Waals surface area contributed by atoms with Crippen molar-refractivity contribution in [2.45, 2.75) is 19.4 Å². The maximum atomic E-state index is 12.4. The molecule has 1 aromatic carbocycles. The minimum absolute atomic E-state index is 0.0391. The number of anilines is 1. The highest BCUT2D eigenvalue weighted by Crippen LogP contribution is 2.28. The Morgan fingerprint density at radius 2 is 2.19 bits per heavy atom. The van der Waals surface area contributed by atoms with Crippen molar-refractivity contribution in [2.24, 2.45) is 0 Å². The first-order valence-electron chi connectivity index (χ1n) is 6.79. The number of aromatic carboxylic acids is 1. The van der Waals surface area contributed by atoms with Crippen LogP contribution in [0.25, 0.3) is 0 Å². The van der Waals surface area contributed by atoms with Gasteiger partial charge in [-0.3, -0.25) is 9.48 Å². The lowest BCUT2D eigenvalue weighted by molar-refractivity contribution is -0.119. The fourth-order valence-electron chi connectivity index (χ4n) is 2.61. The number of fused-ring (bicyclic) bond motifs is 1. The molecule has 1 amide bonds. The van der Waals surface area contributed by atoms with Crippen molar-refractivity contribution >= 4 is 17.6 Å². The number of benzene rings is 1. The van der Waals surface area contributed by atoms with Crippen molar-refractivity contribution in [3.05, 3.63) is 47.8 Å². The second kappa shape index (κ2) is 5.40. The van der Waals surface area contributed by atoms with Gasteiger partial charge in [-0.05, 0) is 42.7 Å². The molecule has 0 aliphatic carbocycles. The van der Waals surface area contributed by atoms with Crippen LogP contribution in [0.3, 0.4) is 0 Å².